The second-order valence-electron chi connectivity index (χ2n) is 4.44. The summed E-state index contributed by atoms with van der Waals surface area (Å²) in [7, 11) is 0. The quantitative estimate of drug-likeness (QED) is 0.625. The van der Waals surface area contributed by atoms with E-state index < -0.39 is 5.97 Å². The SMILES string of the molecule is Cc1cc(Br)cc(C)c1OC(=O)COc1ccccc1. The number of para-hydroxylation sites is 1. The maximum Gasteiger partial charge on any atom is 0.349 e. The van der Waals surface area contributed by atoms with Crippen molar-refractivity contribution < 1.29 is 14.3 Å². The van der Waals surface area contributed by atoms with Crippen molar-refractivity contribution in [2.45, 2.75) is 13.8 Å². The van der Waals surface area contributed by atoms with E-state index in [9.17, 15) is 4.79 Å². The molecule has 2 aromatic rings. The number of hydrogen-bond acceptors (Lipinski definition) is 3. The van der Waals surface area contributed by atoms with Gasteiger partial charge in [-0.25, -0.2) is 4.79 Å². The molecule has 0 bridgehead atoms. The van der Waals surface area contributed by atoms with Gasteiger partial charge in [-0.3, -0.25) is 0 Å². The molecule has 0 spiro atoms. The van der Waals surface area contributed by atoms with Crippen LogP contribution in [-0.4, -0.2) is 12.6 Å². The summed E-state index contributed by atoms with van der Waals surface area (Å²) in [6.07, 6.45) is 0. The summed E-state index contributed by atoms with van der Waals surface area (Å²) in [6.45, 7) is 3.69. The Bertz CT molecular complexity index is 585. The summed E-state index contributed by atoms with van der Waals surface area (Å²) < 4.78 is 11.7. The lowest BCUT2D eigenvalue weighted by Crippen LogP contribution is -2.18. The predicted molar refractivity (Wildman–Crippen MR) is 81.2 cm³/mol. The molecule has 0 radical (unpaired) electrons. The van der Waals surface area contributed by atoms with E-state index >= 15 is 0 Å². The van der Waals surface area contributed by atoms with E-state index in [4.69, 9.17) is 9.47 Å². The van der Waals surface area contributed by atoms with Gasteiger partial charge in [0.2, 0.25) is 0 Å². The Kier molecular flexibility index (Phi) is 4.79. The summed E-state index contributed by atoms with van der Waals surface area (Å²) in [5, 5.41) is 0. The van der Waals surface area contributed by atoms with Crippen LogP contribution in [0.15, 0.2) is 46.9 Å². The van der Waals surface area contributed by atoms with E-state index in [2.05, 4.69) is 15.9 Å². The van der Waals surface area contributed by atoms with Crippen LogP contribution >= 0.6 is 15.9 Å². The van der Waals surface area contributed by atoms with Crippen molar-refractivity contribution in [2.75, 3.05) is 6.61 Å². The minimum absolute atomic E-state index is 0.112. The van der Waals surface area contributed by atoms with Crippen molar-refractivity contribution >= 4 is 21.9 Å². The molecule has 20 heavy (non-hydrogen) atoms. The van der Waals surface area contributed by atoms with Gasteiger partial charge in [-0.1, -0.05) is 34.1 Å². The van der Waals surface area contributed by atoms with Gasteiger partial charge in [0.25, 0.3) is 0 Å². The number of carbonyl (C=O) groups excluding carboxylic acids is 1. The molecule has 0 atom stereocenters. The normalized spacial score (nSPS) is 10.2. The monoisotopic (exact) mass is 334 g/mol. The van der Waals surface area contributed by atoms with Gasteiger partial charge < -0.3 is 9.47 Å². The molecule has 0 unspecified atom stereocenters. The number of carbonyl (C=O) groups is 1. The first-order valence-electron chi connectivity index (χ1n) is 6.21. The molecule has 2 aromatic carbocycles. The van der Waals surface area contributed by atoms with Crippen molar-refractivity contribution in [1.82, 2.24) is 0 Å². The van der Waals surface area contributed by atoms with Crippen LogP contribution in [0.3, 0.4) is 0 Å². The van der Waals surface area contributed by atoms with Crippen molar-refractivity contribution in [3.63, 3.8) is 0 Å². The fourth-order valence-electron chi connectivity index (χ4n) is 1.86. The molecule has 0 aromatic heterocycles. The van der Waals surface area contributed by atoms with Crippen molar-refractivity contribution in [1.29, 1.82) is 0 Å². The first-order valence-corrected chi connectivity index (χ1v) is 7.01. The lowest BCUT2D eigenvalue weighted by molar-refractivity contribution is -0.136. The van der Waals surface area contributed by atoms with E-state index in [1.807, 2.05) is 44.2 Å². The maximum absolute atomic E-state index is 11.8. The minimum atomic E-state index is -0.414. The van der Waals surface area contributed by atoms with Crippen LogP contribution in [0.4, 0.5) is 0 Å². The summed E-state index contributed by atoms with van der Waals surface area (Å²) >= 11 is 3.41. The third kappa shape index (κ3) is 3.84. The maximum atomic E-state index is 11.8. The number of hydrogen-bond donors (Lipinski definition) is 0. The molecule has 0 aliphatic heterocycles. The standard InChI is InChI=1S/C16H15BrO3/c1-11-8-13(17)9-12(2)16(11)20-15(18)10-19-14-6-4-3-5-7-14/h3-9H,10H2,1-2H3. The van der Waals surface area contributed by atoms with Gasteiger partial charge in [-0.15, -0.1) is 0 Å². The Morgan fingerprint density at radius 1 is 1.10 bits per heavy atom. The number of halogens is 1. The van der Waals surface area contributed by atoms with Gasteiger partial charge in [0, 0.05) is 4.47 Å². The number of aryl methyl sites for hydroxylation is 2. The molecule has 0 aliphatic carbocycles. The van der Waals surface area contributed by atoms with Crippen molar-refractivity contribution in [3.8, 4) is 11.5 Å². The Morgan fingerprint density at radius 2 is 1.70 bits per heavy atom. The molecule has 0 heterocycles. The summed E-state index contributed by atoms with van der Waals surface area (Å²) in [5.41, 5.74) is 1.81. The first kappa shape index (κ1) is 14.6. The second-order valence-corrected chi connectivity index (χ2v) is 5.36. The molecule has 0 saturated carbocycles. The fourth-order valence-corrected chi connectivity index (χ4v) is 2.55. The topological polar surface area (TPSA) is 35.5 Å². The summed E-state index contributed by atoms with van der Waals surface area (Å²) in [6, 6.07) is 13.0. The number of rotatable bonds is 4. The summed E-state index contributed by atoms with van der Waals surface area (Å²) in [4.78, 5) is 11.8. The lowest BCUT2D eigenvalue weighted by atomic mass is 10.1. The van der Waals surface area contributed by atoms with Gasteiger partial charge in [0.05, 0.1) is 0 Å². The number of ether oxygens (including phenoxy) is 2. The van der Waals surface area contributed by atoms with E-state index in [1.165, 1.54) is 0 Å². The Balaban J connectivity index is 1.98. The molecule has 0 fully saturated rings. The van der Waals surface area contributed by atoms with Crippen LogP contribution in [0.1, 0.15) is 11.1 Å². The molecule has 0 N–H and O–H groups in total. The zero-order valence-electron chi connectivity index (χ0n) is 11.4. The van der Waals surface area contributed by atoms with Crippen molar-refractivity contribution in [3.05, 3.63) is 58.1 Å². The summed E-state index contributed by atoms with van der Waals surface area (Å²) in [5.74, 6) is 0.825. The van der Waals surface area contributed by atoms with E-state index in [0.29, 0.717) is 11.5 Å². The van der Waals surface area contributed by atoms with Crippen LogP contribution in [0.2, 0.25) is 0 Å². The van der Waals surface area contributed by atoms with E-state index in [1.54, 1.807) is 12.1 Å². The molecule has 3 nitrogen and oxygen atoms in total. The molecule has 2 rings (SSSR count). The highest BCUT2D eigenvalue weighted by atomic mass is 79.9. The molecular formula is C16H15BrO3. The largest absolute Gasteiger partial charge is 0.482 e. The first-order chi connectivity index (χ1) is 9.56. The zero-order valence-corrected chi connectivity index (χ0v) is 12.9. The molecule has 0 aliphatic rings. The van der Waals surface area contributed by atoms with Gasteiger partial charge in [0.15, 0.2) is 6.61 Å². The van der Waals surface area contributed by atoms with Gasteiger partial charge >= 0.3 is 5.97 Å². The Labute approximate surface area is 126 Å². The highest BCUT2D eigenvalue weighted by molar-refractivity contribution is 9.10. The van der Waals surface area contributed by atoms with Crippen molar-refractivity contribution in [2.24, 2.45) is 0 Å². The minimum Gasteiger partial charge on any atom is -0.482 e. The zero-order chi connectivity index (χ0) is 14.5. The Hall–Kier alpha value is -1.81. The van der Waals surface area contributed by atoms with Crippen LogP contribution in [0, 0.1) is 13.8 Å². The molecule has 104 valence electrons. The fraction of sp³-hybridized carbons (Fsp3) is 0.188. The lowest BCUT2D eigenvalue weighted by Gasteiger charge is -2.11. The number of benzene rings is 2. The smallest absolute Gasteiger partial charge is 0.349 e. The van der Waals surface area contributed by atoms with E-state index in [-0.39, 0.29) is 6.61 Å². The van der Waals surface area contributed by atoms with Crippen LogP contribution in [0.5, 0.6) is 11.5 Å². The van der Waals surface area contributed by atoms with E-state index in [0.717, 1.165) is 15.6 Å². The van der Waals surface area contributed by atoms with Gasteiger partial charge in [-0.2, -0.15) is 0 Å². The third-order valence-corrected chi connectivity index (χ3v) is 3.20. The third-order valence-electron chi connectivity index (χ3n) is 2.74. The van der Waals surface area contributed by atoms with Crippen LogP contribution < -0.4 is 9.47 Å². The molecular weight excluding hydrogens is 320 g/mol. The highest BCUT2D eigenvalue weighted by Crippen LogP contribution is 2.27. The molecule has 4 heteroatoms. The second kappa shape index (κ2) is 6.57. The van der Waals surface area contributed by atoms with Crippen LogP contribution in [0.25, 0.3) is 0 Å². The van der Waals surface area contributed by atoms with Gasteiger partial charge in [0.1, 0.15) is 11.5 Å². The molecule has 0 saturated heterocycles. The van der Waals surface area contributed by atoms with Crippen LogP contribution in [-0.2, 0) is 4.79 Å². The predicted octanol–water partition coefficient (Wildman–Crippen LogP) is 4.05. The average Bonchev–Trinajstić information content (AvgIpc) is 2.42. The highest BCUT2D eigenvalue weighted by Gasteiger charge is 2.11. The number of esters is 1. The Morgan fingerprint density at radius 3 is 2.30 bits per heavy atom. The molecule has 0 amide bonds. The average molecular weight is 335 g/mol. The van der Waals surface area contributed by atoms with Gasteiger partial charge in [-0.05, 0) is 49.2 Å².